The second-order valence-corrected chi connectivity index (χ2v) is 8.03. The molecule has 2 unspecified atom stereocenters. The molecule has 0 bridgehead atoms. The van der Waals surface area contributed by atoms with E-state index < -0.39 is 0 Å². The molecule has 4 heteroatoms. The number of rotatable bonds is 7. The van der Waals surface area contributed by atoms with Crippen LogP contribution in [0.15, 0.2) is 48.5 Å². The van der Waals surface area contributed by atoms with Crippen molar-refractivity contribution in [3.05, 3.63) is 65.5 Å². The van der Waals surface area contributed by atoms with Gasteiger partial charge >= 0.3 is 0 Å². The Morgan fingerprint density at radius 2 is 1.81 bits per heavy atom. The van der Waals surface area contributed by atoms with Gasteiger partial charge in [0.15, 0.2) is 0 Å². The summed E-state index contributed by atoms with van der Waals surface area (Å²) >= 11 is 0. The molecule has 2 atom stereocenters. The molecule has 2 aromatic rings. The predicted molar refractivity (Wildman–Crippen MR) is 106 cm³/mol. The fourth-order valence-electron chi connectivity index (χ4n) is 4.27. The number of benzene rings is 2. The Balaban J connectivity index is 1.37. The van der Waals surface area contributed by atoms with E-state index in [2.05, 4.69) is 5.32 Å². The predicted octanol–water partition coefficient (Wildman–Crippen LogP) is 4.37. The van der Waals surface area contributed by atoms with Gasteiger partial charge in [-0.15, -0.1) is 0 Å². The van der Waals surface area contributed by atoms with Gasteiger partial charge in [0.25, 0.3) is 0 Å². The number of nitrogens with one attached hydrogen (secondary N) is 1. The van der Waals surface area contributed by atoms with Crippen molar-refractivity contribution >= 4 is 0 Å². The minimum Gasteiger partial charge on any atom is -0.489 e. The number of halogens is 1. The number of hydrogen-bond donors (Lipinski definition) is 2. The largest absolute Gasteiger partial charge is 0.489 e. The maximum Gasteiger partial charge on any atom is 0.123 e. The average molecular weight is 368 g/mol. The van der Waals surface area contributed by atoms with Crippen LogP contribution in [-0.2, 0) is 6.61 Å². The van der Waals surface area contributed by atoms with E-state index in [9.17, 15) is 4.39 Å². The molecule has 3 N–H and O–H groups in total. The maximum atomic E-state index is 13.9. The van der Waals surface area contributed by atoms with Crippen molar-refractivity contribution in [1.29, 1.82) is 0 Å². The van der Waals surface area contributed by atoms with E-state index in [1.165, 1.54) is 31.7 Å². The molecular formula is C23H29FN2O. The number of ether oxygens (including phenoxy) is 1. The van der Waals surface area contributed by atoms with Crippen molar-refractivity contribution in [2.75, 3.05) is 6.54 Å². The SMILES string of the molecule is NCC1CCC(NC2CC2c2cc(F)ccc2OCc2ccccc2)CC1. The highest BCUT2D eigenvalue weighted by atomic mass is 19.1. The second-order valence-electron chi connectivity index (χ2n) is 8.03. The third-order valence-corrected chi connectivity index (χ3v) is 6.03. The van der Waals surface area contributed by atoms with Gasteiger partial charge in [0, 0.05) is 23.6 Å². The van der Waals surface area contributed by atoms with Crippen molar-refractivity contribution in [1.82, 2.24) is 5.32 Å². The van der Waals surface area contributed by atoms with Gasteiger partial charge in [-0.3, -0.25) is 0 Å². The topological polar surface area (TPSA) is 47.3 Å². The zero-order chi connectivity index (χ0) is 18.6. The third kappa shape index (κ3) is 4.69. The number of hydrogen-bond acceptors (Lipinski definition) is 3. The molecular weight excluding hydrogens is 339 g/mol. The lowest BCUT2D eigenvalue weighted by Gasteiger charge is -2.28. The van der Waals surface area contributed by atoms with Crippen molar-refractivity contribution in [2.24, 2.45) is 11.7 Å². The molecule has 0 radical (unpaired) electrons. The summed E-state index contributed by atoms with van der Waals surface area (Å²) in [6.07, 6.45) is 5.90. The van der Waals surface area contributed by atoms with Gasteiger partial charge in [0.05, 0.1) is 0 Å². The molecule has 27 heavy (non-hydrogen) atoms. The first-order valence-corrected chi connectivity index (χ1v) is 10.1. The van der Waals surface area contributed by atoms with Crippen LogP contribution in [0.1, 0.15) is 49.1 Å². The molecule has 2 aliphatic rings. The molecule has 144 valence electrons. The summed E-state index contributed by atoms with van der Waals surface area (Å²) in [6.45, 7) is 1.32. The Morgan fingerprint density at radius 1 is 1.04 bits per heavy atom. The van der Waals surface area contributed by atoms with E-state index in [4.69, 9.17) is 10.5 Å². The fourth-order valence-corrected chi connectivity index (χ4v) is 4.27. The summed E-state index contributed by atoms with van der Waals surface area (Å²) in [7, 11) is 0. The van der Waals surface area contributed by atoms with Gasteiger partial charge in [-0.05, 0) is 68.3 Å². The van der Waals surface area contributed by atoms with E-state index in [1.807, 2.05) is 30.3 Å². The quantitative estimate of drug-likeness (QED) is 0.763. The maximum absolute atomic E-state index is 13.9. The lowest BCUT2D eigenvalue weighted by Crippen LogP contribution is -2.36. The summed E-state index contributed by atoms with van der Waals surface area (Å²) in [6, 6.07) is 16.0. The van der Waals surface area contributed by atoms with E-state index >= 15 is 0 Å². The summed E-state index contributed by atoms with van der Waals surface area (Å²) in [5.74, 6) is 1.66. The van der Waals surface area contributed by atoms with Crippen LogP contribution in [0.5, 0.6) is 5.75 Å². The van der Waals surface area contributed by atoms with Crippen molar-refractivity contribution in [3.63, 3.8) is 0 Å². The Hall–Kier alpha value is -1.91. The highest BCUT2D eigenvalue weighted by molar-refractivity contribution is 5.41. The molecule has 0 heterocycles. The van der Waals surface area contributed by atoms with Crippen LogP contribution < -0.4 is 15.8 Å². The fraction of sp³-hybridized carbons (Fsp3) is 0.478. The summed E-state index contributed by atoms with van der Waals surface area (Å²) in [5, 5.41) is 3.79. The molecule has 0 aromatic heterocycles. The minimum atomic E-state index is -0.189. The van der Waals surface area contributed by atoms with E-state index in [1.54, 1.807) is 12.1 Å². The molecule has 0 saturated heterocycles. The van der Waals surface area contributed by atoms with E-state index in [-0.39, 0.29) is 5.82 Å². The first-order valence-electron chi connectivity index (χ1n) is 10.1. The first kappa shape index (κ1) is 18.5. The van der Waals surface area contributed by atoms with Crippen molar-refractivity contribution in [2.45, 2.75) is 56.7 Å². The lowest BCUT2D eigenvalue weighted by atomic mass is 9.86. The van der Waals surface area contributed by atoms with E-state index in [0.717, 1.165) is 29.8 Å². The Labute approximate surface area is 161 Å². The average Bonchev–Trinajstić information content (AvgIpc) is 3.47. The molecule has 3 nitrogen and oxygen atoms in total. The Kier molecular flexibility index (Phi) is 5.74. The Bertz CT molecular complexity index is 743. The molecule has 2 saturated carbocycles. The molecule has 0 aliphatic heterocycles. The Morgan fingerprint density at radius 3 is 2.56 bits per heavy atom. The lowest BCUT2D eigenvalue weighted by molar-refractivity contribution is 0.292. The summed E-state index contributed by atoms with van der Waals surface area (Å²) < 4.78 is 19.9. The zero-order valence-electron chi connectivity index (χ0n) is 15.7. The second kappa shape index (κ2) is 8.41. The van der Waals surface area contributed by atoms with Crippen LogP contribution in [0.3, 0.4) is 0 Å². The van der Waals surface area contributed by atoms with Crippen LogP contribution in [0.2, 0.25) is 0 Å². The van der Waals surface area contributed by atoms with Gasteiger partial charge in [0.2, 0.25) is 0 Å². The van der Waals surface area contributed by atoms with Crippen LogP contribution in [0, 0.1) is 11.7 Å². The summed E-state index contributed by atoms with van der Waals surface area (Å²) in [4.78, 5) is 0. The van der Waals surface area contributed by atoms with Gasteiger partial charge in [-0.25, -0.2) is 4.39 Å². The molecule has 4 rings (SSSR count). The minimum absolute atomic E-state index is 0.189. The van der Waals surface area contributed by atoms with Gasteiger partial charge < -0.3 is 15.8 Å². The van der Waals surface area contributed by atoms with Crippen LogP contribution in [0.25, 0.3) is 0 Å². The van der Waals surface area contributed by atoms with E-state index in [0.29, 0.717) is 30.5 Å². The monoisotopic (exact) mass is 368 g/mol. The van der Waals surface area contributed by atoms with Gasteiger partial charge in [0.1, 0.15) is 18.2 Å². The van der Waals surface area contributed by atoms with Crippen LogP contribution >= 0.6 is 0 Å². The molecule has 2 fully saturated rings. The molecule has 0 amide bonds. The van der Waals surface area contributed by atoms with Gasteiger partial charge in [-0.2, -0.15) is 0 Å². The third-order valence-electron chi connectivity index (χ3n) is 6.03. The van der Waals surface area contributed by atoms with Gasteiger partial charge in [-0.1, -0.05) is 30.3 Å². The molecule has 2 aromatic carbocycles. The smallest absolute Gasteiger partial charge is 0.123 e. The highest BCUT2D eigenvalue weighted by Gasteiger charge is 2.41. The first-order chi connectivity index (χ1) is 13.2. The standard InChI is InChI=1S/C23H29FN2O/c24-18-8-11-23(27-15-17-4-2-1-3-5-17)21(12-18)20-13-22(20)26-19-9-6-16(14-25)7-10-19/h1-5,8,11-12,16,19-20,22,26H,6-7,9-10,13-15,25H2. The molecule has 2 aliphatic carbocycles. The summed E-state index contributed by atoms with van der Waals surface area (Å²) in [5.41, 5.74) is 7.91. The van der Waals surface area contributed by atoms with Crippen molar-refractivity contribution in [3.8, 4) is 5.75 Å². The zero-order valence-corrected chi connectivity index (χ0v) is 15.7. The van der Waals surface area contributed by atoms with Crippen LogP contribution in [0.4, 0.5) is 4.39 Å². The highest BCUT2D eigenvalue weighted by Crippen LogP contribution is 2.46. The van der Waals surface area contributed by atoms with Crippen LogP contribution in [-0.4, -0.2) is 18.6 Å². The van der Waals surface area contributed by atoms with Crippen molar-refractivity contribution < 1.29 is 9.13 Å². The normalized spacial score (nSPS) is 27.3. The molecule has 0 spiro atoms. The number of nitrogens with two attached hydrogens (primary N) is 1.